The highest BCUT2D eigenvalue weighted by Gasteiger charge is 2.38. The summed E-state index contributed by atoms with van der Waals surface area (Å²) in [5.74, 6) is 0. The van der Waals surface area contributed by atoms with Crippen LogP contribution in [0.1, 0.15) is 26.3 Å². The number of benzene rings is 1. The summed E-state index contributed by atoms with van der Waals surface area (Å²) in [5.41, 5.74) is -0.327. The second kappa shape index (κ2) is 3.58. The molecule has 0 saturated carbocycles. The van der Waals surface area contributed by atoms with Gasteiger partial charge < -0.3 is 5.11 Å². The Labute approximate surface area is 86.1 Å². The number of aliphatic hydroxyl groups is 1. The minimum atomic E-state index is -0.964. The van der Waals surface area contributed by atoms with Gasteiger partial charge in [-0.25, -0.2) is 0 Å². The molecular formula is C13H18O. The van der Waals surface area contributed by atoms with Gasteiger partial charge in [-0.05, 0) is 11.0 Å². The summed E-state index contributed by atoms with van der Waals surface area (Å²) < 4.78 is 0. The van der Waals surface area contributed by atoms with Crippen molar-refractivity contribution in [3.8, 4) is 0 Å². The fourth-order valence-electron chi connectivity index (χ4n) is 1.55. The first-order chi connectivity index (χ1) is 6.42. The van der Waals surface area contributed by atoms with Gasteiger partial charge in [0.25, 0.3) is 0 Å². The first-order valence-electron chi connectivity index (χ1n) is 4.83. The van der Waals surface area contributed by atoms with E-state index in [1.54, 1.807) is 6.08 Å². The highest BCUT2D eigenvalue weighted by Crippen LogP contribution is 2.39. The second-order valence-electron chi connectivity index (χ2n) is 4.59. The fraction of sp³-hybridized carbons (Fsp3) is 0.385. The molecule has 1 heteroatoms. The van der Waals surface area contributed by atoms with E-state index in [1.165, 1.54) is 0 Å². The highest BCUT2D eigenvalue weighted by atomic mass is 16.3. The molecule has 0 aromatic heterocycles. The van der Waals surface area contributed by atoms with E-state index in [2.05, 4.69) is 6.58 Å². The van der Waals surface area contributed by atoms with Crippen LogP contribution in [0.5, 0.6) is 0 Å². The lowest BCUT2D eigenvalue weighted by Gasteiger charge is -2.38. The molecule has 0 fully saturated rings. The summed E-state index contributed by atoms with van der Waals surface area (Å²) in [6, 6.07) is 9.64. The van der Waals surface area contributed by atoms with Crippen LogP contribution in [0.4, 0.5) is 0 Å². The molecule has 0 radical (unpaired) electrons. The molecule has 0 heterocycles. The van der Waals surface area contributed by atoms with Crippen LogP contribution in [0.3, 0.4) is 0 Å². The Morgan fingerprint density at radius 2 is 1.64 bits per heavy atom. The predicted octanol–water partition coefficient (Wildman–Crippen LogP) is 3.11. The number of rotatable bonds is 2. The van der Waals surface area contributed by atoms with Crippen LogP contribution in [-0.4, -0.2) is 5.11 Å². The lowest BCUT2D eigenvalue weighted by atomic mass is 9.72. The van der Waals surface area contributed by atoms with E-state index in [-0.39, 0.29) is 5.41 Å². The largest absolute Gasteiger partial charge is 0.380 e. The highest BCUT2D eigenvalue weighted by molar-refractivity contribution is 5.29. The van der Waals surface area contributed by atoms with Crippen molar-refractivity contribution in [2.75, 3.05) is 0 Å². The lowest BCUT2D eigenvalue weighted by molar-refractivity contribution is -0.0182. The van der Waals surface area contributed by atoms with Crippen LogP contribution in [-0.2, 0) is 5.60 Å². The molecule has 1 atom stereocenters. The van der Waals surface area contributed by atoms with E-state index in [9.17, 15) is 5.11 Å². The SMILES string of the molecule is C=CC(O)(c1ccccc1)C(C)(C)C. The molecule has 0 aliphatic rings. The Morgan fingerprint density at radius 1 is 1.14 bits per heavy atom. The molecule has 0 amide bonds. The molecule has 1 nitrogen and oxygen atoms in total. The molecule has 1 unspecified atom stereocenters. The zero-order chi connectivity index (χ0) is 10.8. The Bertz CT molecular complexity index is 308. The molecular weight excluding hydrogens is 172 g/mol. The summed E-state index contributed by atoms with van der Waals surface area (Å²) in [7, 11) is 0. The van der Waals surface area contributed by atoms with Crippen molar-refractivity contribution >= 4 is 0 Å². The third-order valence-electron chi connectivity index (χ3n) is 2.65. The molecule has 0 spiro atoms. The van der Waals surface area contributed by atoms with Crippen molar-refractivity contribution < 1.29 is 5.11 Å². The average Bonchev–Trinajstić information content (AvgIpc) is 2.16. The van der Waals surface area contributed by atoms with Gasteiger partial charge >= 0.3 is 0 Å². The smallest absolute Gasteiger partial charge is 0.112 e. The summed E-state index contributed by atoms with van der Waals surface area (Å²) in [6.07, 6.45) is 1.61. The zero-order valence-corrected chi connectivity index (χ0v) is 9.12. The molecule has 1 aromatic rings. The van der Waals surface area contributed by atoms with Crippen LogP contribution in [0.2, 0.25) is 0 Å². The van der Waals surface area contributed by atoms with Gasteiger partial charge in [-0.2, -0.15) is 0 Å². The third-order valence-corrected chi connectivity index (χ3v) is 2.65. The molecule has 0 bridgehead atoms. The molecule has 14 heavy (non-hydrogen) atoms. The molecule has 1 N–H and O–H groups in total. The van der Waals surface area contributed by atoms with Crippen LogP contribution in [0, 0.1) is 5.41 Å². The van der Waals surface area contributed by atoms with Crippen molar-refractivity contribution in [3.63, 3.8) is 0 Å². The van der Waals surface area contributed by atoms with E-state index in [1.807, 2.05) is 51.1 Å². The van der Waals surface area contributed by atoms with Crippen LogP contribution < -0.4 is 0 Å². The van der Waals surface area contributed by atoms with Gasteiger partial charge in [-0.1, -0.05) is 63.8 Å². The summed E-state index contributed by atoms with van der Waals surface area (Å²) in [6.45, 7) is 9.73. The summed E-state index contributed by atoms with van der Waals surface area (Å²) in [5, 5.41) is 10.5. The minimum Gasteiger partial charge on any atom is -0.380 e. The van der Waals surface area contributed by atoms with Gasteiger partial charge in [0.05, 0.1) is 0 Å². The van der Waals surface area contributed by atoms with Gasteiger partial charge in [0, 0.05) is 0 Å². The first-order valence-corrected chi connectivity index (χ1v) is 4.83. The van der Waals surface area contributed by atoms with Gasteiger partial charge in [-0.15, -0.1) is 0 Å². The second-order valence-corrected chi connectivity index (χ2v) is 4.59. The molecule has 0 aliphatic heterocycles. The van der Waals surface area contributed by atoms with Gasteiger partial charge in [0.15, 0.2) is 0 Å². The average molecular weight is 190 g/mol. The first kappa shape index (κ1) is 11.0. The van der Waals surface area contributed by atoms with Crippen LogP contribution in [0.25, 0.3) is 0 Å². The van der Waals surface area contributed by atoms with E-state index < -0.39 is 5.60 Å². The van der Waals surface area contributed by atoms with Crippen molar-refractivity contribution in [1.82, 2.24) is 0 Å². The van der Waals surface area contributed by atoms with E-state index in [0.717, 1.165) is 5.56 Å². The third kappa shape index (κ3) is 1.73. The predicted molar refractivity (Wildman–Crippen MR) is 60.0 cm³/mol. The van der Waals surface area contributed by atoms with Crippen molar-refractivity contribution in [3.05, 3.63) is 48.6 Å². The van der Waals surface area contributed by atoms with E-state index in [4.69, 9.17) is 0 Å². The fourth-order valence-corrected chi connectivity index (χ4v) is 1.55. The lowest BCUT2D eigenvalue weighted by Crippen LogP contribution is -2.37. The Kier molecular flexibility index (Phi) is 2.81. The van der Waals surface area contributed by atoms with Gasteiger partial charge in [0.1, 0.15) is 5.60 Å². The quantitative estimate of drug-likeness (QED) is 0.710. The van der Waals surface area contributed by atoms with Crippen LogP contribution in [0.15, 0.2) is 43.0 Å². The Morgan fingerprint density at radius 3 is 2.00 bits per heavy atom. The maximum atomic E-state index is 10.5. The monoisotopic (exact) mass is 190 g/mol. The van der Waals surface area contributed by atoms with E-state index >= 15 is 0 Å². The van der Waals surface area contributed by atoms with Gasteiger partial charge in [0.2, 0.25) is 0 Å². The number of hydrogen-bond donors (Lipinski definition) is 1. The molecule has 1 aromatic carbocycles. The molecule has 76 valence electrons. The minimum absolute atomic E-state index is 0.254. The van der Waals surface area contributed by atoms with Crippen molar-refractivity contribution in [1.29, 1.82) is 0 Å². The zero-order valence-electron chi connectivity index (χ0n) is 9.12. The Hall–Kier alpha value is -1.08. The summed E-state index contributed by atoms with van der Waals surface area (Å²) in [4.78, 5) is 0. The van der Waals surface area contributed by atoms with E-state index in [0.29, 0.717) is 0 Å². The van der Waals surface area contributed by atoms with Crippen molar-refractivity contribution in [2.45, 2.75) is 26.4 Å². The standard InChI is InChI=1S/C13H18O/c1-5-13(14,12(2,3)4)11-9-7-6-8-10-11/h5-10,14H,1H2,2-4H3. The normalized spacial score (nSPS) is 16.0. The van der Waals surface area contributed by atoms with Gasteiger partial charge in [-0.3, -0.25) is 0 Å². The number of hydrogen-bond acceptors (Lipinski definition) is 1. The molecule has 0 saturated heterocycles. The topological polar surface area (TPSA) is 20.2 Å². The van der Waals surface area contributed by atoms with Crippen molar-refractivity contribution in [2.24, 2.45) is 5.41 Å². The van der Waals surface area contributed by atoms with Crippen LogP contribution >= 0.6 is 0 Å². The maximum absolute atomic E-state index is 10.5. The maximum Gasteiger partial charge on any atom is 0.112 e. The molecule has 0 aliphatic carbocycles. The Balaban J connectivity index is 3.22. The summed E-state index contributed by atoms with van der Waals surface area (Å²) >= 11 is 0. The molecule has 1 rings (SSSR count).